The van der Waals surface area contributed by atoms with E-state index in [1.165, 1.54) is 6.07 Å². The molecule has 0 aromatic heterocycles. The van der Waals surface area contributed by atoms with Gasteiger partial charge in [0, 0.05) is 26.7 Å². The van der Waals surface area contributed by atoms with E-state index in [-0.39, 0.29) is 17.7 Å². The molecule has 0 spiro atoms. The summed E-state index contributed by atoms with van der Waals surface area (Å²) in [6.07, 6.45) is 3.28. The highest BCUT2D eigenvalue weighted by Crippen LogP contribution is 2.22. The third-order valence-electron chi connectivity index (χ3n) is 3.70. The molecule has 1 aliphatic rings. The van der Waals surface area contributed by atoms with Crippen molar-refractivity contribution in [3.05, 3.63) is 29.6 Å². The van der Waals surface area contributed by atoms with Crippen molar-refractivity contribution < 1.29 is 13.9 Å². The highest BCUT2D eigenvalue weighted by Gasteiger charge is 2.22. The fraction of sp³-hybridized carbons (Fsp3) is 0.562. The summed E-state index contributed by atoms with van der Waals surface area (Å²) < 4.78 is 19.5. The van der Waals surface area contributed by atoms with Crippen LogP contribution in [0.3, 0.4) is 0 Å². The highest BCUT2D eigenvalue weighted by molar-refractivity contribution is 5.99. The molecule has 1 atom stereocenters. The minimum Gasteiger partial charge on any atom is -0.382 e. The zero-order chi connectivity index (χ0) is 15.2. The topological polar surface area (TPSA) is 41.6 Å². The van der Waals surface area contributed by atoms with Crippen LogP contribution in [-0.4, -0.2) is 43.7 Å². The first-order chi connectivity index (χ1) is 10.1. The van der Waals surface area contributed by atoms with Gasteiger partial charge in [-0.05, 0) is 38.3 Å². The average molecular weight is 294 g/mol. The average Bonchev–Trinajstić information content (AvgIpc) is 2.50. The maximum atomic E-state index is 13.9. The fourth-order valence-corrected chi connectivity index (χ4v) is 2.60. The number of hydrogen-bond donors (Lipinski definition) is 1. The summed E-state index contributed by atoms with van der Waals surface area (Å²) in [5.41, 5.74) is 0.650. The van der Waals surface area contributed by atoms with Crippen LogP contribution >= 0.6 is 0 Å². The molecule has 0 radical (unpaired) electrons. The van der Waals surface area contributed by atoms with Crippen LogP contribution in [-0.2, 0) is 4.74 Å². The molecule has 0 aliphatic carbocycles. The Morgan fingerprint density at radius 2 is 2.29 bits per heavy atom. The summed E-state index contributed by atoms with van der Waals surface area (Å²) in [5.74, 6) is -0.579. The van der Waals surface area contributed by atoms with Gasteiger partial charge in [0.05, 0.1) is 17.4 Å². The monoisotopic (exact) mass is 294 g/mol. The van der Waals surface area contributed by atoms with Crippen LogP contribution in [0.4, 0.5) is 10.1 Å². The van der Waals surface area contributed by atoms with Gasteiger partial charge in [-0.15, -0.1) is 0 Å². The summed E-state index contributed by atoms with van der Waals surface area (Å²) in [4.78, 5) is 14.1. The number of hydrogen-bond acceptors (Lipinski definition) is 3. The molecule has 2 rings (SSSR count). The molecule has 1 amide bonds. The Morgan fingerprint density at radius 3 is 2.95 bits per heavy atom. The molecular weight excluding hydrogens is 271 g/mol. The van der Waals surface area contributed by atoms with E-state index in [9.17, 15) is 9.18 Å². The summed E-state index contributed by atoms with van der Waals surface area (Å²) >= 11 is 0. The SMILES string of the molecule is CCNc1c(F)cccc1C(=O)N(C)CC1CCCCO1. The Morgan fingerprint density at radius 1 is 1.48 bits per heavy atom. The number of rotatable bonds is 5. The Bertz CT molecular complexity index is 487. The first kappa shape index (κ1) is 15.8. The number of anilines is 1. The van der Waals surface area contributed by atoms with Gasteiger partial charge in [0.2, 0.25) is 0 Å². The van der Waals surface area contributed by atoms with Crippen molar-refractivity contribution in [3.8, 4) is 0 Å². The second-order valence-electron chi connectivity index (χ2n) is 5.37. The molecule has 1 unspecified atom stereocenters. The van der Waals surface area contributed by atoms with Crippen LogP contribution in [0.15, 0.2) is 18.2 Å². The van der Waals surface area contributed by atoms with Crippen LogP contribution in [0, 0.1) is 5.82 Å². The van der Waals surface area contributed by atoms with Crippen LogP contribution < -0.4 is 5.32 Å². The number of nitrogens with one attached hydrogen (secondary N) is 1. The minimum absolute atomic E-state index is 0.0869. The molecule has 1 aromatic carbocycles. The van der Waals surface area contributed by atoms with Crippen molar-refractivity contribution in [2.24, 2.45) is 0 Å². The lowest BCUT2D eigenvalue weighted by molar-refractivity contribution is -0.000176. The fourth-order valence-electron chi connectivity index (χ4n) is 2.60. The van der Waals surface area contributed by atoms with E-state index >= 15 is 0 Å². The Hall–Kier alpha value is -1.62. The molecule has 0 bridgehead atoms. The maximum Gasteiger partial charge on any atom is 0.255 e. The zero-order valence-electron chi connectivity index (χ0n) is 12.7. The zero-order valence-corrected chi connectivity index (χ0v) is 12.7. The predicted octanol–water partition coefficient (Wildman–Crippen LogP) is 2.90. The molecular formula is C16H23FN2O2. The quantitative estimate of drug-likeness (QED) is 0.908. The van der Waals surface area contributed by atoms with E-state index in [1.807, 2.05) is 6.92 Å². The molecule has 116 valence electrons. The van der Waals surface area contributed by atoms with E-state index in [0.29, 0.717) is 18.7 Å². The lowest BCUT2D eigenvalue weighted by Gasteiger charge is -2.28. The summed E-state index contributed by atoms with van der Waals surface area (Å²) in [7, 11) is 1.74. The van der Waals surface area contributed by atoms with Crippen molar-refractivity contribution >= 4 is 11.6 Å². The van der Waals surface area contributed by atoms with E-state index < -0.39 is 5.82 Å². The van der Waals surface area contributed by atoms with E-state index in [1.54, 1.807) is 24.1 Å². The van der Waals surface area contributed by atoms with Gasteiger partial charge in [0.25, 0.3) is 5.91 Å². The summed E-state index contributed by atoms with van der Waals surface area (Å²) in [6.45, 7) is 3.74. The van der Waals surface area contributed by atoms with Gasteiger partial charge in [0.1, 0.15) is 5.82 Å². The third-order valence-corrected chi connectivity index (χ3v) is 3.70. The van der Waals surface area contributed by atoms with Crippen molar-refractivity contribution in [1.29, 1.82) is 0 Å². The van der Waals surface area contributed by atoms with Crippen LogP contribution in [0.2, 0.25) is 0 Å². The van der Waals surface area contributed by atoms with Gasteiger partial charge < -0.3 is 15.0 Å². The second kappa shape index (κ2) is 7.41. The van der Waals surface area contributed by atoms with Gasteiger partial charge in [-0.2, -0.15) is 0 Å². The lowest BCUT2D eigenvalue weighted by Crippen LogP contribution is -2.37. The van der Waals surface area contributed by atoms with Gasteiger partial charge >= 0.3 is 0 Å². The molecule has 1 aromatic rings. The Kier molecular flexibility index (Phi) is 5.56. The van der Waals surface area contributed by atoms with E-state index in [2.05, 4.69) is 5.32 Å². The third kappa shape index (κ3) is 3.94. The number of benzene rings is 1. The van der Waals surface area contributed by atoms with E-state index in [0.717, 1.165) is 25.9 Å². The van der Waals surface area contributed by atoms with Crippen LogP contribution in [0.5, 0.6) is 0 Å². The summed E-state index contributed by atoms with van der Waals surface area (Å²) in [5, 5.41) is 2.93. The lowest BCUT2D eigenvalue weighted by atomic mass is 10.1. The Balaban J connectivity index is 2.09. The second-order valence-corrected chi connectivity index (χ2v) is 5.37. The van der Waals surface area contributed by atoms with Crippen molar-refractivity contribution in [1.82, 2.24) is 4.90 Å². The predicted molar refractivity (Wildman–Crippen MR) is 81.1 cm³/mol. The number of carbonyl (C=O) groups excluding carboxylic acids is 1. The van der Waals surface area contributed by atoms with Crippen molar-refractivity contribution in [3.63, 3.8) is 0 Å². The number of para-hydroxylation sites is 1. The highest BCUT2D eigenvalue weighted by atomic mass is 19.1. The van der Waals surface area contributed by atoms with Gasteiger partial charge in [-0.1, -0.05) is 6.07 Å². The standard InChI is InChI=1S/C16H23FN2O2/c1-3-18-15-13(8-6-9-14(15)17)16(20)19(2)11-12-7-4-5-10-21-12/h6,8-9,12,18H,3-5,7,10-11H2,1-2H3. The minimum atomic E-state index is -0.398. The molecule has 0 saturated carbocycles. The molecule has 1 fully saturated rings. The van der Waals surface area contributed by atoms with Crippen LogP contribution in [0.1, 0.15) is 36.5 Å². The number of carbonyl (C=O) groups is 1. The van der Waals surface area contributed by atoms with Crippen molar-refractivity contribution in [2.75, 3.05) is 32.1 Å². The smallest absolute Gasteiger partial charge is 0.255 e. The van der Waals surface area contributed by atoms with Crippen molar-refractivity contribution in [2.45, 2.75) is 32.3 Å². The number of amides is 1. The largest absolute Gasteiger partial charge is 0.382 e. The molecule has 21 heavy (non-hydrogen) atoms. The molecule has 1 N–H and O–H groups in total. The first-order valence-electron chi connectivity index (χ1n) is 7.53. The molecule has 1 aliphatic heterocycles. The number of likely N-dealkylation sites (N-methyl/N-ethyl adjacent to an activating group) is 1. The van der Waals surface area contributed by atoms with Gasteiger partial charge in [0.15, 0.2) is 0 Å². The number of halogens is 1. The molecule has 1 heterocycles. The van der Waals surface area contributed by atoms with E-state index in [4.69, 9.17) is 4.74 Å². The maximum absolute atomic E-state index is 13.9. The molecule has 4 nitrogen and oxygen atoms in total. The first-order valence-corrected chi connectivity index (χ1v) is 7.53. The van der Waals surface area contributed by atoms with Gasteiger partial charge in [-0.3, -0.25) is 4.79 Å². The summed E-state index contributed by atoms with van der Waals surface area (Å²) in [6, 6.07) is 4.58. The van der Waals surface area contributed by atoms with Crippen LogP contribution in [0.25, 0.3) is 0 Å². The normalized spacial score (nSPS) is 18.3. The molecule has 1 saturated heterocycles. The molecule has 5 heteroatoms. The number of ether oxygens (including phenoxy) is 1. The van der Waals surface area contributed by atoms with Gasteiger partial charge in [-0.25, -0.2) is 4.39 Å². The number of nitrogens with zero attached hydrogens (tertiary/aromatic N) is 1. The Labute approximate surface area is 125 Å².